The number of rotatable bonds is 6. The molecule has 14 heavy (non-hydrogen) atoms. The number of thiol groups is 1. The second-order valence-corrected chi connectivity index (χ2v) is 3.86. The molecular formula is C10H18N2OS. The maximum absolute atomic E-state index is 5.60. The van der Waals surface area contributed by atoms with Gasteiger partial charge in [-0.1, -0.05) is 13.3 Å². The Morgan fingerprint density at radius 1 is 1.64 bits per heavy atom. The molecule has 0 saturated carbocycles. The molecule has 4 heteroatoms. The largest absolute Gasteiger partial charge is 0.490 e. The van der Waals surface area contributed by atoms with Crippen LogP contribution in [-0.4, -0.2) is 22.1 Å². The highest BCUT2D eigenvalue weighted by atomic mass is 32.1. The predicted molar refractivity (Wildman–Crippen MR) is 61.0 cm³/mol. The summed E-state index contributed by atoms with van der Waals surface area (Å²) in [5.74, 6) is 2.27. The van der Waals surface area contributed by atoms with E-state index in [-0.39, 0.29) is 0 Å². The molecule has 1 atom stereocenters. The van der Waals surface area contributed by atoms with E-state index < -0.39 is 0 Å². The van der Waals surface area contributed by atoms with E-state index >= 15 is 0 Å². The van der Waals surface area contributed by atoms with Crippen molar-refractivity contribution in [2.45, 2.75) is 19.8 Å². The zero-order valence-electron chi connectivity index (χ0n) is 8.81. The van der Waals surface area contributed by atoms with Gasteiger partial charge in [-0.3, -0.25) is 4.68 Å². The Kier molecular flexibility index (Phi) is 4.87. The van der Waals surface area contributed by atoms with Crippen LogP contribution in [0.3, 0.4) is 0 Å². The maximum Gasteiger partial charge on any atom is 0.157 e. The average Bonchev–Trinajstić information content (AvgIpc) is 2.59. The van der Waals surface area contributed by atoms with E-state index in [9.17, 15) is 0 Å². The third kappa shape index (κ3) is 3.62. The van der Waals surface area contributed by atoms with Gasteiger partial charge in [-0.15, -0.1) is 0 Å². The molecule has 0 amide bonds. The molecule has 0 fully saturated rings. The average molecular weight is 214 g/mol. The number of aromatic nitrogens is 2. The van der Waals surface area contributed by atoms with E-state index in [1.165, 1.54) is 12.8 Å². The summed E-state index contributed by atoms with van der Waals surface area (Å²) < 4.78 is 7.34. The first kappa shape index (κ1) is 11.4. The van der Waals surface area contributed by atoms with Gasteiger partial charge in [-0.05, 0) is 12.2 Å². The molecule has 80 valence electrons. The summed E-state index contributed by atoms with van der Waals surface area (Å²) in [5, 5.41) is 4.04. The molecule has 0 aliphatic heterocycles. The van der Waals surface area contributed by atoms with Crippen LogP contribution in [0.5, 0.6) is 5.75 Å². The fourth-order valence-corrected chi connectivity index (χ4v) is 1.61. The maximum atomic E-state index is 5.60. The highest BCUT2D eigenvalue weighted by Gasteiger charge is 2.06. The molecule has 0 N–H and O–H groups in total. The Balaban J connectivity index is 2.31. The lowest BCUT2D eigenvalue weighted by Crippen LogP contribution is -2.13. The highest BCUT2D eigenvalue weighted by Crippen LogP contribution is 2.13. The quantitative estimate of drug-likeness (QED) is 0.735. The van der Waals surface area contributed by atoms with Crippen LogP contribution in [0.2, 0.25) is 0 Å². The summed E-state index contributed by atoms with van der Waals surface area (Å²) >= 11 is 4.30. The molecule has 0 aliphatic carbocycles. The zero-order valence-corrected chi connectivity index (χ0v) is 9.70. The van der Waals surface area contributed by atoms with Crippen LogP contribution < -0.4 is 4.74 Å². The van der Waals surface area contributed by atoms with Crippen molar-refractivity contribution in [3.8, 4) is 5.75 Å². The fraction of sp³-hybridized carbons (Fsp3) is 0.700. The second-order valence-electron chi connectivity index (χ2n) is 3.50. The molecule has 0 aromatic carbocycles. The zero-order chi connectivity index (χ0) is 10.4. The first-order valence-corrected chi connectivity index (χ1v) is 5.61. The van der Waals surface area contributed by atoms with E-state index in [4.69, 9.17) is 4.74 Å². The number of nitrogens with zero attached hydrogens (tertiary/aromatic N) is 2. The second kappa shape index (κ2) is 5.96. The fourth-order valence-electron chi connectivity index (χ4n) is 1.32. The summed E-state index contributed by atoms with van der Waals surface area (Å²) in [7, 11) is 1.88. The van der Waals surface area contributed by atoms with Gasteiger partial charge in [0.25, 0.3) is 0 Å². The number of ether oxygens (including phenoxy) is 1. The monoisotopic (exact) mass is 214 g/mol. The van der Waals surface area contributed by atoms with Crippen molar-refractivity contribution >= 4 is 12.6 Å². The Labute approximate surface area is 90.9 Å². The number of aryl methyl sites for hydroxylation is 1. The van der Waals surface area contributed by atoms with Gasteiger partial charge in [0, 0.05) is 13.0 Å². The molecular weight excluding hydrogens is 196 g/mol. The first-order valence-electron chi connectivity index (χ1n) is 4.98. The predicted octanol–water partition coefficient (Wildman–Crippen LogP) is 2.14. The lowest BCUT2D eigenvalue weighted by Gasteiger charge is -2.13. The molecule has 0 saturated heterocycles. The third-order valence-electron chi connectivity index (χ3n) is 2.12. The molecule has 0 spiro atoms. The summed E-state index contributed by atoms with van der Waals surface area (Å²) in [4.78, 5) is 0. The van der Waals surface area contributed by atoms with Gasteiger partial charge in [-0.25, -0.2) is 0 Å². The van der Waals surface area contributed by atoms with Gasteiger partial charge in [-0.2, -0.15) is 17.7 Å². The Hall–Kier alpha value is -0.640. The van der Waals surface area contributed by atoms with Crippen LogP contribution in [0.4, 0.5) is 0 Å². The molecule has 1 rings (SSSR count). The van der Waals surface area contributed by atoms with Crippen molar-refractivity contribution in [1.29, 1.82) is 0 Å². The normalized spacial score (nSPS) is 12.8. The summed E-state index contributed by atoms with van der Waals surface area (Å²) in [6.45, 7) is 2.92. The van der Waals surface area contributed by atoms with E-state index in [0.29, 0.717) is 5.92 Å². The standard InChI is InChI=1S/C10H18N2OS/c1-3-4-9(8-14)7-13-10-5-11-12(2)6-10/h5-6,9,14H,3-4,7-8H2,1-2H3. The van der Waals surface area contributed by atoms with E-state index in [0.717, 1.165) is 18.1 Å². The van der Waals surface area contributed by atoms with Gasteiger partial charge in [0.2, 0.25) is 0 Å². The summed E-state index contributed by atoms with van der Waals surface area (Å²) in [6.07, 6.45) is 5.97. The lowest BCUT2D eigenvalue weighted by atomic mass is 10.1. The van der Waals surface area contributed by atoms with E-state index in [2.05, 4.69) is 24.7 Å². The Morgan fingerprint density at radius 2 is 2.43 bits per heavy atom. The van der Waals surface area contributed by atoms with Gasteiger partial charge < -0.3 is 4.74 Å². The summed E-state index contributed by atoms with van der Waals surface area (Å²) in [5.41, 5.74) is 0. The lowest BCUT2D eigenvalue weighted by molar-refractivity contribution is 0.254. The SMILES string of the molecule is CCCC(CS)COc1cnn(C)c1. The van der Waals surface area contributed by atoms with Crippen LogP contribution >= 0.6 is 12.6 Å². The molecule has 3 nitrogen and oxygen atoms in total. The topological polar surface area (TPSA) is 27.1 Å². The van der Waals surface area contributed by atoms with Gasteiger partial charge in [0.1, 0.15) is 0 Å². The van der Waals surface area contributed by atoms with Crippen molar-refractivity contribution in [3.05, 3.63) is 12.4 Å². The molecule has 1 aromatic rings. The van der Waals surface area contributed by atoms with Crippen LogP contribution in [0.1, 0.15) is 19.8 Å². The molecule has 1 aromatic heterocycles. The molecule has 0 bridgehead atoms. The molecule has 0 radical (unpaired) electrons. The van der Waals surface area contributed by atoms with Gasteiger partial charge in [0.15, 0.2) is 5.75 Å². The summed E-state index contributed by atoms with van der Waals surface area (Å²) in [6, 6.07) is 0. The number of hydrogen-bond acceptors (Lipinski definition) is 3. The van der Waals surface area contributed by atoms with Crippen molar-refractivity contribution in [3.63, 3.8) is 0 Å². The molecule has 1 heterocycles. The minimum atomic E-state index is 0.545. The minimum Gasteiger partial charge on any atom is -0.490 e. The van der Waals surface area contributed by atoms with Gasteiger partial charge >= 0.3 is 0 Å². The van der Waals surface area contributed by atoms with E-state index in [1.807, 2.05) is 13.2 Å². The van der Waals surface area contributed by atoms with Gasteiger partial charge in [0.05, 0.1) is 19.0 Å². The smallest absolute Gasteiger partial charge is 0.157 e. The first-order chi connectivity index (χ1) is 6.76. The molecule has 1 unspecified atom stereocenters. The van der Waals surface area contributed by atoms with Crippen molar-refractivity contribution in [2.24, 2.45) is 13.0 Å². The Morgan fingerprint density at radius 3 is 2.93 bits per heavy atom. The van der Waals surface area contributed by atoms with Crippen LogP contribution in [0.15, 0.2) is 12.4 Å². The third-order valence-corrected chi connectivity index (χ3v) is 2.64. The highest BCUT2D eigenvalue weighted by molar-refractivity contribution is 7.80. The minimum absolute atomic E-state index is 0.545. The number of hydrogen-bond donors (Lipinski definition) is 1. The van der Waals surface area contributed by atoms with Crippen molar-refractivity contribution in [1.82, 2.24) is 9.78 Å². The van der Waals surface area contributed by atoms with Crippen molar-refractivity contribution in [2.75, 3.05) is 12.4 Å². The Bertz CT molecular complexity index is 262. The molecule has 0 aliphatic rings. The van der Waals surface area contributed by atoms with Crippen LogP contribution in [0.25, 0.3) is 0 Å². The van der Waals surface area contributed by atoms with Crippen LogP contribution in [0, 0.1) is 5.92 Å². The van der Waals surface area contributed by atoms with Crippen molar-refractivity contribution < 1.29 is 4.74 Å². The van der Waals surface area contributed by atoms with E-state index in [1.54, 1.807) is 10.9 Å². The van der Waals surface area contributed by atoms with Crippen LogP contribution in [-0.2, 0) is 7.05 Å².